The molecule has 4 aromatic rings. The lowest BCUT2D eigenvalue weighted by molar-refractivity contribution is 0.447. The summed E-state index contributed by atoms with van der Waals surface area (Å²) in [6.45, 7) is 5.89. The Kier molecular flexibility index (Phi) is 4.65. The molecular formula is C22H21N3O2S. The first-order chi connectivity index (χ1) is 13.5. The highest BCUT2D eigenvalue weighted by Crippen LogP contribution is 2.43. The van der Waals surface area contributed by atoms with Gasteiger partial charge in [0.15, 0.2) is 0 Å². The summed E-state index contributed by atoms with van der Waals surface area (Å²) in [7, 11) is 0. The van der Waals surface area contributed by atoms with E-state index in [1.54, 1.807) is 11.3 Å². The SMILES string of the molecule is CCc1cc(-c2c(-c3nc(C)cs3)c(C)nn2-c2ccccc2)c(O)cc1O. The summed E-state index contributed by atoms with van der Waals surface area (Å²) in [5.74, 6) is 0.110. The van der Waals surface area contributed by atoms with Crippen molar-refractivity contribution in [1.29, 1.82) is 0 Å². The zero-order chi connectivity index (χ0) is 19.8. The molecule has 0 aliphatic heterocycles. The maximum Gasteiger partial charge on any atom is 0.128 e. The molecule has 0 fully saturated rings. The minimum Gasteiger partial charge on any atom is -0.508 e. The van der Waals surface area contributed by atoms with Crippen LogP contribution in [0.15, 0.2) is 47.8 Å². The van der Waals surface area contributed by atoms with Crippen molar-refractivity contribution >= 4 is 11.3 Å². The van der Waals surface area contributed by atoms with Crippen molar-refractivity contribution in [2.75, 3.05) is 0 Å². The third kappa shape index (κ3) is 3.05. The highest BCUT2D eigenvalue weighted by atomic mass is 32.1. The fraction of sp³-hybridized carbons (Fsp3) is 0.182. The number of thiazole rings is 1. The third-order valence-electron chi connectivity index (χ3n) is 4.73. The Hall–Kier alpha value is -3.12. The molecule has 0 unspecified atom stereocenters. The summed E-state index contributed by atoms with van der Waals surface area (Å²) < 4.78 is 1.84. The van der Waals surface area contributed by atoms with Gasteiger partial charge in [-0.15, -0.1) is 11.3 Å². The van der Waals surface area contributed by atoms with Crippen molar-refractivity contribution in [2.45, 2.75) is 27.2 Å². The number of aryl methyl sites for hydroxylation is 3. The average molecular weight is 391 g/mol. The minimum atomic E-state index is 0.0151. The molecule has 0 atom stereocenters. The summed E-state index contributed by atoms with van der Waals surface area (Å²) in [6, 6.07) is 13.1. The van der Waals surface area contributed by atoms with Gasteiger partial charge in [0, 0.05) is 22.7 Å². The first kappa shape index (κ1) is 18.3. The van der Waals surface area contributed by atoms with Crippen molar-refractivity contribution in [1.82, 2.24) is 14.8 Å². The first-order valence-corrected chi connectivity index (χ1v) is 10.00. The number of phenolic OH excluding ortho intramolecular Hbond substituents is 2. The van der Waals surface area contributed by atoms with Crippen LogP contribution in [0.25, 0.3) is 27.5 Å². The summed E-state index contributed by atoms with van der Waals surface area (Å²) in [5.41, 5.74) is 5.73. The molecule has 2 aromatic carbocycles. The minimum absolute atomic E-state index is 0.0151. The van der Waals surface area contributed by atoms with Crippen LogP contribution in [-0.2, 0) is 6.42 Å². The van der Waals surface area contributed by atoms with Gasteiger partial charge in [0.1, 0.15) is 16.5 Å². The number of phenols is 2. The van der Waals surface area contributed by atoms with E-state index in [1.165, 1.54) is 6.07 Å². The van der Waals surface area contributed by atoms with Gasteiger partial charge in [0.25, 0.3) is 0 Å². The topological polar surface area (TPSA) is 71.2 Å². The maximum absolute atomic E-state index is 10.7. The molecule has 0 saturated heterocycles. The fourth-order valence-corrected chi connectivity index (χ4v) is 4.25. The largest absolute Gasteiger partial charge is 0.508 e. The number of aromatic nitrogens is 3. The number of benzene rings is 2. The predicted molar refractivity (Wildman–Crippen MR) is 112 cm³/mol. The van der Waals surface area contributed by atoms with Crippen LogP contribution < -0.4 is 0 Å². The van der Waals surface area contributed by atoms with Crippen LogP contribution in [0.3, 0.4) is 0 Å². The van der Waals surface area contributed by atoms with Gasteiger partial charge >= 0.3 is 0 Å². The molecule has 2 aromatic heterocycles. The van der Waals surface area contributed by atoms with Crippen LogP contribution in [0.5, 0.6) is 11.5 Å². The van der Waals surface area contributed by atoms with E-state index >= 15 is 0 Å². The molecule has 0 amide bonds. The van der Waals surface area contributed by atoms with Crippen LogP contribution in [-0.4, -0.2) is 25.0 Å². The van der Waals surface area contributed by atoms with E-state index in [1.807, 2.05) is 67.2 Å². The van der Waals surface area contributed by atoms with Crippen LogP contribution >= 0.6 is 11.3 Å². The van der Waals surface area contributed by atoms with E-state index in [0.717, 1.165) is 38.9 Å². The second-order valence-electron chi connectivity index (χ2n) is 6.70. The molecule has 0 aliphatic carbocycles. The van der Waals surface area contributed by atoms with Gasteiger partial charge in [0.05, 0.1) is 22.6 Å². The maximum atomic E-state index is 10.7. The van der Waals surface area contributed by atoms with E-state index in [2.05, 4.69) is 4.98 Å². The zero-order valence-corrected chi connectivity index (χ0v) is 16.8. The lowest BCUT2D eigenvalue weighted by Gasteiger charge is -2.13. The summed E-state index contributed by atoms with van der Waals surface area (Å²) in [5, 5.41) is 28.5. The van der Waals surface area contributed by atoms with Gasteiger partial charge in [-0.25, -0.2) is 9.67 Å². The van der Waals surface area contributed by atoms with Gasteiger partial charge in [-0.1, -0.05) is 25.1 Å². The molecule has 2 N–H and O–H groups in total. The summed E-state index contributed by atoms with van der Waals surface area (Å²) in [4.78, 5) is 4.66. The lowest BCUT2D eigenvalue weighted by Crippen LogP contribution is -2.00. The first-order valence-electron chi connectivity index (χ1n) is 9.12. The van der Waals surface area contributed by atoms with E-state index in [-0.39, 0.29) is 11.5 Å². The predicted octanol–water partition coefficient (Wildman–Crippen LogP) is 5.25. The molecule has 28 heavy (non-hydrogen) atoms. The molecule has 5 nitrogen and oxygen atoms in total. The van der Waals surface area contributed by atoms with Crippen LogP contribution in [0.1, 0.15) is 23.9 Å². The van der Waals surface area contributed by atoms with Gasteiger partial charge in [0.2, 0.25) is 0 Å². The van der Waals surface area contributed by atoms with E-state index in [4.69, 9.17) is 5.10 Å². The Morgan fingerprint density at radius 1 is 1.04 bits per heavy atom. The number of rotatable bonds is 4. The Bertz CT molecular complexity index is 1150. The normalized spacial score (nSPS) is 11.1. The quantitative estimate of drug-likeness (QED) is 0.498. The highest BCUT2D eigenvalue weighted by molar-refractivity contribution is 7.13. The molecular weight excluding hydrogens is 370 g/mol. The number of para-hydroxylation sites is 1. The molecule has 6 heteroatoms. The molecule has 0 spiro atoms. The fourth-order valence-electron chi connectivity index (χ4n) is 3.35. The van der Waals surface area contributed by atoms with Crippen molar-refractivity contribution in [2.24, 2.45) is 0 Å². The van der Waals surface area contributed by atoms with Crippen LogP contribution in [0.4, 0.5) is 0 Å². The number of hydrogen-bond donors (Lipinski definition) is 2. The molecule has 0 radical (unpaired) electrons. The highest BCUT2D eigenvalue weighted by Gasteiger charge is 2.24. The summed E-state index contributed by atoms with van der Waals surface area (Å²) in [6.07, 6.45) is 0.656. The Morgan fingerprint density at radius 3 is 2.43 bits per heavy atom. The van der Waals surface area contributed by atoms with Crippen molar-refractivity contribution in [3.8, 4) is 39.0 Å². The van der Waals surface area contributed by atoms with Crippen LogP contribution in [0, 0.1) is 13.8 Å². The van der Waals surface area contributed by atoms with Crippen molar-refractivity contribution in [3.05, 3.63) is 64.8 Å². The Balaban J connectivity index is 2.07. The van der Waals surface area contributed by atoms with Crippen molar-refractivity contribution < 1.29 is 10.2 Å². The van der Waals surface area contributed by atoms with E-state index in [0.29, 0.717) is 12.0 Å². The molecule has 142 valence electrons. The molecule has 0 saturated carbocycles. The smallest absolute Gasteiger partial charge is 0.128 e. The lowest BCUT2D eigenvalue weighted by atomic mass is 10.0. The molecule has 2 heterocycles. The van der Waals surface area contributed by atoms with Gasteiger partial charge in [-0.2, -0.15) is 5.10 Å². The third-order valence-corrected chi connectivity index (χ3v) is 5.70. The van der Waals surface area contributed by atoms with Crippen molar-refractivity contribution in [3.63, 3.8) is 0 Å². The van der Waals surface area contributed by atoms with Gasteiger partial charge in [-0.05, 0) is 44.0 Å². The van der Waals surface area contributed by atoms with Gasteiger partial charge < -0.3 is 10.2 Å². The summed E-state index contributed by atoms with van der Waals surface area (Å²) >= 11 is 1.56. The second kappa shape index (κ2) is 7.13. The number of aromatic hydroxyl groups is 2. The monoisotopic (exact) mass is 391 g/mol. The standard InChI is InChI=1S/C22H21N3O2S/c1-4-15-10-17(19(27)11-18(15)26)21-20(22-23-13(2)12-28-22)14(3)24-25(21)16-8-6-5-7-9-16/h5-12,26-27H,4H2,1-3H3. The molecule has 0 bridgehead atoms. The van der Waals surface area contributed by atoms with Gasteiger partial charge in [-0.3, -0.25) is 0 Å². The Morgan fingerprint density at radius 2 is 1.79 bits per heavy atom. The average Bonchev–Trinajstić information content (AvgIpc) is 3.25. The Labute approximate surface area is 167 Å². The molecule has 4 rings (SSSR count). The van der Waals surface area contributed by atoms with Crippen LogP contribution in [0.2, 0.25) is 0 Å². The zero-order valence-electron chi connectivity index (χ0n) is 16.0. The molecule has 0 aliphatic rings. The van der Waals surface area contributed by atoms with E-state index in [9.17, 15) is 10.2 Å². The number of nitrogens with zero attached hydrogens (tertiary/aromatic N) is 3. The second-order valence-corrected chi connectivity index (χ2v) is 7.56. The number of hydrogen-bond acceptors (Lipinski definition) is 5. The van der Waals surface area contributed by atoms with E-state index < -0.39 is 0 Å².